The number of halogens is 1. The highest BCUT2D eigenvalue weighted by molar-refractivity contribution is 7.99. The molecule has 1 nitrogen and oxygen atoms in total. The van der Waals surface area contributed by atoms with Gasteiger partial charge in [0.05, 0.1) is 5.69 Å². The molecule has 1 aliphatic heterocycles. The average Bonchev–Trinajstić information content (AvgIpc) is 2.08. The van der Waals surface area contributed by atoms with Gasteiger partial charge in [-0.3, -0.25) is 0 Å². The Kier molecular flexibility index (Phi) is 2.74. The molecule has 0 fully saturated rings. The molecule has 70 valence electrons. The fraction of sp³-hybridized carbons (Fsp3) is 0.400. The van der Waals surface area contributed by atoms with Crippen molar-refractivity contribution >= 4 is 17.4 Å². The maximum Gasteiger partial charge on any atom is 0.125 e. The monoisotopic (exact) mass is 197 g/mol. The van der Waals surface area contributed by atoms with Gasteiger partial charge < -0.3 is 5.32 Å². The van der Waals surface area contributed by atoms with Crippen LogP contribution in [0, 0.1) is 5.82 Å². The van der Waals surface area contributed by atoms with E-state index in [2.05, 4.69) is 5.32 Å². The number of rotatable bonds is 0. The van der Waals surface area contributed by atoms with E-state index in [0.717, 1.165) is 18.0 Å². The Morgan fingerprint density at radius 1 is 1.31 bits per heavy atom. The summed E-state index contributed by atoms with van der Waals surface area (Å²) in [5, 5.41) is 3.25. The fourth-order valence-corrected chi connectivity index (χ4v) is 2.42. The Labute approximate surface area is 81.7 Å². The summed E-state index contributed by atoms with van der Waals surface area (Å²) >= 11 is 1.80. The summed E-state index contributed by atoms with van der Waals surface area (Å²) in [6, 6.07) is 4.95. The SMILES string of the molecule is Fc1ccc2c(c1)NCCCCS2. The number of fused-ring (bicyclic) bond motifs is 1. The van der Waals surface area contributed by atoms with Crippen LogP contribution in [0.2, 0.25) is 0 Å². The highest BCUT2D eigenvalue weighted by Gasteiger charge is 2.06. The smallest absolute Gasteiger partial charge is 0.125 e. The second kappa shape index (κ2) is 4.01. The average molecular weight is 197 g/mol. The van der Waals surface area contributed by atoms with Crippen LogP contribution >= 0.6 is 11.8 Å². The molecule has 0 aliphatic carbocycles. The van der Waals surface area contributed by atoms with Crippen molar-refractivity contribution in [3.8, 4) is 0 Å². The summed E-state index contributed by atoms with van der Waals surface area (Å²) in [4.78, 5) is 1.17. The summed E-state index contributed by atoms with van der Waals surface area (Å²) in [5.74, 6) is 0.979. The molecule has 1 heterocycles. The minimum Gasteiger partial charge on any atom is -0.384 e. The van der Waals surface area contributed by atoms with Gasteiger partial charge in [0.15, 0.2) is 0 Å². The first-order valence-corrected chi connectivity index (χ1v) is 5.51. The normalized spacial score (nSPS) is 16.7. The van der Waals surface area contributed by atoms with Crippen LogP contribution in [0.1, 0.15) is 12.8 Å². The first-order valence-electron chi connectivity index (χ1n) is 4.52. The molecule has 1 aromatic rings. The molecule has 0 spiro atoms. The van der Waals surface area contributed by atoms with Crippen molar-refractivity contribution in [3.05, 3.63) is 24.0 Å². The molecule has 0 atom stereocenters. The van der Waals surface area contributed by atoms with Crippen LogP contribution in [0.3, 0.4) is 0 Å². The molecule has 0 saturated carbocycles. The first-order chi connectivity index (χ1) is 6.36. The van der Waals surface area contributed by atoms with Gasteiger partial charge in [0, 0.05) is 11.4 Å². The van der Waals surface area contributed by atoms with Crippen molar-refractivity contribution in [2.24, 2.45) is 0 Å². The third-order valence-corrected chi connectivity index (χ3v) is 3.25. The highest BCUT2D eigenvalue weighted by atomic mass is 32.2. The number of hydrogen-bond donors (Lipinski definition) is 1. The number of thioether (sulfide) groups is 1. The molecule has 1 N–H and O–H groups in total. The zero-order valence-corrected chi connectivity index (χ0v) is 8.16. The van der Waals surface area contributed by atoms with Gasteiger partial charge in [-0.2, -0.15) is 0 Å². The van der Waals surface area contributed by atoms with Gasteiger partial charge in [0.25, 0.3) is 0 Å². The molecule has 0 saturated heterocycles. The van der Waals surface area contributed by atoms with Crippen LogP contribution in [0.4, 0.5) is 10.1 Å². The molecule has 2 rings (SSSR count). The van der Waals surface area contributed by atoms with Crippen molar-refractivity contribution < 1.29 is 4.39 Å². The van der Waals surface area contributed by atoms with Crippen LogP contribution in [-0.2, 0) is 0 Å². The number of benzene rings is 1. The molecule has 1 aromatic carbocycles. The number of nitrogens with one attached hydrogen (secondary N) is 1. The molecule has 0 bridgehead atoms. The Balaban J connectivity index is 2.28. The minimum atomic E-state index is -0.160. The predicted molar refractivity (Wildman–Crippen MR) is 54.8 cm³/mol. The topological polar surface area (TPSA) is 12.0 Å². The lowest BCUT2D eigenvalue weighted by atomic mass is 10.3. The largest absolute Gasteiger partial charge is 0.384 e. The molecule has 3 heteroatoms. The van der Waals surface area contributed by atoms with E-state index >= 15 is 0 Å². The van der Waals surface area contributed by atoms with Crippen molar-refractivity contribution in [1.82, 2.24) is 0 Å². The molecule has 0 radical (unpaired) electrons. The fourth-order valence-electron chi connectivity index (χ4n) is 1.40. The quantitative estimate of drug-likeness (QED) is 0.685. The van der Waals surface area contributed by atoms with Gasteiger partial charge in [-0.05, 0) is 36.8 Å². The van der Waals surface area contributed by atoms with Gasteiger partial charge in [0.1, 0.15) is 5.82 Å². The Morgan fingerprint density at radius 2 is 2.23 bits per heavy atom. The summed E-state index contributed by atoms with van der Waals surface area (Å²) in [6.45, 7) is 0.955. The zero-order chi connectivity index (χ0) is 9.10. The van der Waals surface area contributed by atoms with E-state index in [9.17, 15) is 4.39 Å². The first kappa shape index (κ1) is 8.88. The van der Waals surface area contributed by atoms with E-state index in [1.165, 1.54) is 23.8 Å². The van der Waals surface area contributed by atoms with E-state index in [4.69, 9.17) is 0 Å². The highest BCUT2D eigenvalue weighted by Crippen LogP contribution is 2.30. The lowest BCUT2D eigenvalue weighted by molar-refractivity contribution is 0.627. The maximum atomic E-state index is 12.9. The molecule has 0 amide bonds. The van der Waals surface area contributed by atoms with Crippen LogP contribution in [0.5, 0.6) is 0 Å². The Morgan fingerprint density at radius 3 is 3.15 bits per heavy atom. The summed E-state index contributed by atoms with van der Waals surface area (Å²) < 4.78 is 12.9. The van der Waals surface area contributed by atoms with E-state index < -0.39 is 0 Å². The van der Waals surface area contributed by atoms with Crippen molar-refractivity contribution in [2.75, 3.05) is 17.6 Å². The molecular formula is C10H12FNS. The standard InChI is InChI=1S/C10H12FNS/c11-8-3-4-10-9(7-8)12-5-1-2-6-13-10/h3-4,7,12H,1-2,5-6H2. The molecular weight excluding hydrogens is 185 g/mol. The van der Waals surface area contributed by atoms with E-state index in [1.807, 2.05) is 6.07 Å². The van der Waals surface area contributed by atoms with Crippen LogP contribution in [0.15, 0.2) is 23.1 Å². The lowest BCUT2D eigenvalue weighted by Crippen LogP contribution is -2.06. The van der Waals surface area contributed by atoms with Crippen molar-refractivity contribution in [2.45, 2.75) is 17.7 Å². The van der Waals surface area contributed by atoms with Gasteiger partial charge in [-0.25, -0.2) is 4.39 Å². The second-order valence-electron chi connectivity index (χ2n) is 3.12. The van der Waals surface area contributed by atoms with E-state index in [1.54, 1.807) is 17.8 Å². The van der Waals surface area contributed by atoms with Crippen LogP contribution < -0.4 is 5.32 Å². The Hall–Kier alpha value is -0.700. The van der Waals surface area contributed by atoms with Gasteiger partial charge in [-0.1, -0.05) is 0 Å². The van der Waals surface area contributed by atoms with Gasteiger partial charge in [0.2, 0.25) is 0 Å². The molecule has 0 aromatic heterocycles. The molecule has 1 aliphatic rings. The van der Waals surface area contributed by atoms with Crippen molar-refractivity contribution in [3.63, 3.8) is 0 Å². The number of anilines is 1. The maximum absolute atomic E-state index is 12.9. The second-order valence-corrected chi connectivity index (χ2v) is 4.26. The number of hydrogen-bond acceptors (Lipinski definition) is 2. The minimum absolute atomic E-state index is 0.160. The molecule has 13 heavy (non-hydrogen) atoms. The van der Waals surface area contributed by atoms with E-state index in [-0.39, 0.29) is 5.82 Å². The summed E-state index contributed by atoms with van der Waals surface area (Å²) in [6.07, 6.45) is 2.40. The Bertz CT molecular complexity index is 301. The molecule has 0 unspecified atom stereocenters. The van der Waals surface area contributed by atoms with Gasteiger partial charge in [-0.15, -0.1) is 11.8 Å². The van der Waals surface area contributed by atoms with Crippen LogP contribution in [0.25, 0.3) is 0 Å². The predicted octanol–water partition coefficient (Wildman–Crippen LogP) is 3.12. The summed E-state index contributed by atoms with van der Waals surface area (Å²) in [5.41, 5.74) is 0.949. The lowest BCUT2D eigenvalue weighted by Gasteiger charge is -2.14. The van der Waals surface area contributed by atoms with Gasteiger partial charge >= 0.3 is 0 Å². The van der Waals surface area contributed by atoms with Crippen LogP contribution in [-0.4, -0.2) is 12.3 Å². The third kappa shape index (κ3) is 2.15. The van der Waals surface area contributed by atoms with Crippen molar-refractivity contribution in [1.29, 1.82) is 0 Å². The third-order valence-electron chi connectivity index (χ3n) is 2.09. The summed E-state index contributed by atoms with van der Waals surface area (Å²) in [7, 11) is 0. The zero-order valence-electron chi connectivity index (χ0n) is 7.35. The van der Waals surface area contributed by atoms with E-state index in [0.29, 0.717) is 0 Å².